The number of ketones is 1. The third-order valence-corrected chi connectivity index (χ3v) is 3.24. The summed E-state index contributed by atoms with van der Waals surface area (Å²) in [4.78, 5) is 35.8. The molecule has 1 aromatic carbocycles. The van der Waals surface area contributed by atoms with Gasteiger partial charge in [-0.15, -0.1) is 0 Å². The van der Waals surface area contributed by atoms with Crippen molar-refractivity contribution in [2.45, 2.75) is 33.2 Å². The third kappa shape index (κ3) is 6.33. The predicted octanol–water partition coefficient (Wildman–Crippen LogP) is 2.84. The Morgan fingerprint density at radius 3 is 2.16 bits per heavy atom. The second-order valence-electron chi connectivity index (χ2n) is 5.10. The van der Waals surface area contributed by atoms with Crippen molar-refractivity contribution in [2.75, 3.05) is 20.3 Å². The molecule has 0 aliphatic heterocycles. The fourth-order valence-corrected chi connectivity index (χ4v) is 2.16. The van der Waals surface area contributed by atoms with Crippen LogP contribution >= 0.6 is 0 Å². The number of nitrogens with one attached hydrogen (secondary N) is 1. The summed E-state index contributed by atoms with van der Waals surface area (Å²) in [5.41, 5.74) is 2.99. The van der Waals surface area contributed by atoms with Crippen LogP contribution in [0.5, 0.6) is 5.75 Å². The molecule has 1 unspecified atom stereocenters. The minimum absolute atomic E-state index is 0.00243. The molecule has 2 amide bonds. The maximum atomic E-state index is 12.3. The minimum atomic E-state index is -0.808. The Balaban J connectivity index is 3.18. The van der Waals surface area contributed by atoms with E-state index in [1.807, 2.05) is 0 Å². The summed E-state index contributed by atoms with van der Waals surface area (Å²) in [6, 6.07) is 6.09. The molecule has 25 heavy (non-hydrogen) atoms. The van der Waals surface area contributed by atoms with Crippen molar-refractivity contribution in [3.63, 3.8) is 0 Å². The van der Waals surface area contributed by atoms with Crippen LogP contribution in [-0.4, -0.2) is 43.3 Å². The van der Waals surface area contributed by atoms with Crippen molar-refractivity contribution in [2.24, 2.45) is 0 Å². The van der Waals surface area contributed by atoms with Gasteiger partial charge in [0.15, 0.2) is 0 Å². The summed E-state index contributed by atoms with van der Waals surface area (Å²) in [5.74, 6) is 0.479. The summed E-state index contributed by atoms with van der Waals surface area (Å²) >= 11 is 0. The fraction of sp³-hybridized carbons (Fsp3) is 0.471. The average Bonchev–Trinajstić information content (AvgIpc) is 2.58. The Morgan fingerprint density at radius 2 is 1.68 bits per heavy atom. The fourth-order valence-electron chi connectivity index (χ4n) is 2.16. The minimum Gasteiger partial charge on any atom is -0.497 e. The molecule has 1 rings (SSSR count). The molecular formula is C17H24N2O6. The van der Waals surface area contributed by atoms with Crippen molar-refractivity contribution >= 4 is 18.0 Å². The van der Waals surface area contributed by atoms with E-state index < -0.39 is 18.2 Å². The Labute approximate surface area is 147 Å². The number of carbonyl (C=O) groups excluding carboxylic acids is 3. The van der Waals surface area contributed by atoms with E-state index in [0.29, 0.717) is 11.3 Å². The molecule has 0 bridgehead atoms. The molecule has 0 fully saturated rings. The summed E-state index contributed by atoms with van der Waals surface area (Å²) in [6.45, 7) is 4.96. The molecule has 8 heteroatoms. The topological polar surface area (TPSA) is 94.2 Å². The van der Waals surface area contributed by atoms with Crippen LogP contribution in [0, 0.1) is 0 Å². The normalized spacial score (nSPS) is 11.2. The summed E-state index contributed by atoms with van der Waals surface area (Å²) in [5, 5.41) is 0.977. The van der Waals surface area contributed by atoms with E-state index in [-0.39, 0.29) is 25.4 Å². The van der Waals surface area contributed by atoms with E-state index in [2.05, 4.69) is 5.43 Å². The van der Waals surface area contributed by atoms with Gasteiger partial charge in [0.25, 0.3) is 0 Å². The van der Waals surface area contributed by atoms with Crippen LogP contribution in [0.2, 0.25) is 0 Å². The number of amides is 2. The smallest absolute Gasteiger partial charge is 0.429 e. The number of rotatable bonds is 7. The van der Waals surface area contributed by atoms with Gasteiger partial charge in [-0.3, -0.25) is 4.79 Å². The van der Waals surface area contributed by atoms with Crippen molar-refractivity contribution in [3.05, 3.63) is 29.8 Å². The van der Waals surface area contributed by atoms with Crippen molar-refractivity contribution in [1.82, 2.24) is 10.4 Å². The molecule has 0 aromatic heterocycles. The second kappa shape index (κ2) is 10.2. The quantitative estimate of drug-likeness (QED) is 0.758. The van der Waals surface area contributed by atoms with Gasteiger partial charge in [0.2, 0.25) is 0 Å². The summed E-state index contributed by atoms with van der Waals surface area (Å²) in [7, 11) is 1.54. The largest absolute Gasteiger partial charge is 0.497 e. The number of Topliss-reactive ketones (excluding diaryl/α,β-unsaturated/α-hetero) is 1. The van der Waals surface area contributed by atoms with Crippen LogP contribution in [0.4, 0.5) is 9.59 Å². The van der Waals surface area contributed by atoms with Crippen LogP contribution < -0.4 is 10.2 Å². The molecule has 8 nitrogen and oxygen atoms in total. The zero-order chi connectivity index (χ0) is 18.8. The zero-order valence-corrected chi connectivity index (χ0v) is 14.9. The zero-order valence-electron chi connectivity index (χ0n) is 14.9. The lowest BCUT2D eigenvalue weighted by Gasteiger charge is -2.30. The van der Waals surface area contributed by atoms with Gasteiger partial charge < -0.3 is 14.2 Å². The molecule has 0 radical (unpaired) electrons. The highest BCUT2D eigenvalue weighted by molar-refractivity contribution is 5.79. The molecule has 0 heterocycles. The SMILES string of the molecule is CCOC(=O)NN(C(=O)OCC)C(CC(C)=O)c1ccc(OC)cc1. The van der Waals surface area contributed by atoms with Gasteiger partial charge in [0.1, 0.15) is 11.5 Å². The molecule has 1 aromatic rings. The Hall–Kier alpha value is -2.77. The summed E-state index contributed by atoms with van der Waals surface area (Å²) in [6.07, 6.45) is -1.59. The number of nitrogens with zero attached hydrogens (tertiary/aromatic N) is 1. The number of hydrogen-bond donors (Lipinski definition) is 1. The highest BCUT2D eigenvalue weighted by Crippen LogP contribution is 2.26. The van der Waals surface area contributed by atoms with Gasteiger partial charge in [-0.2, -0.15) is 0 Å². The van der Waals surface area contributed by atoms with Crippen molar-refractivity contribution < 1.29 is 28.6 Å². The first-order valence-corrected chi connectivity index (χ1v) is 7.95. The monoisotopic (exact) mass is 352 g/mol. The highest BCUT2D eigenvalue weighted by atomic mass is 16.6. The molecule has 1 atom stereocenters. The lowest BCUT2D eigenvalue weighted by atomic mass is 10.0. The molecule has 0 saturated carbocycles. The predicted molar refractivity (Wildman–Crippen MR) is 90.1 cm³/mol. The van der Waals surface area contributed by atoms with E-state index in [4.69, 9.17) is 14.2 Å². The van der Waals surface area contributed by atoms with Crippen LogP contribution in [0.3, 0.4) is 0 Å². The standard InChI is InChI=1S/C17H24N2O6/c1-5-24-16(21)18-19(17(22)25-6-2)15(11-12(3)20)13-7-9-14(23-4)10-8-13/h7-10,15H,5-6,11H2,1-4H3,(H,18,21). The maximum Gasteiger partial charge on any atom is 0.429 e. The van der Waals surface area contributed by atoms with Crippen molar-refractivity contribution in [1.29, 1.82) is 0 Å². The number of hydrogen-bond acceptors (Lipinski definition) is 6. The average molecular weight is 352 g/mol. The van der Waals surface area contributed by atoms with Crippen molar-refractivity contribution in [3.8, 4) is 5.75 Å². The lowest BCUT2D eigenvalue weighted by molar-refractivity contribution is -0.118. The number of benzene rings is 1. The summed E-state index contributed by atoms with van der Waals surface area (Å²) < 4.78 is 14.9. The Bertz CT molecular complexity index is 587. The lowest BCUT2D eigenvalue weighted by Crippen LogP contribution is -2.49. The first-order chi connectivity index (χ1) is 11.9. The molecule has 1 N–H and O–H groups in total. The van der Waals surface area contributed by atoms with Crippen LogP contribution in [0.15, 0.2) is 24.3 Å². The third-order valence-electron chi connectivity index (χ3n) is 3.24. The molecule has 0 saturated heterocycles. The molecular weight excluding hydrogens is 328 g/mol. The molecule has 0 aliphatic carbocycles. The maximum absolute atomic E-state index is 12.3. The molecule has 138 valence electrons. The van der Waals surface area contributed by atoms with Gasteiger partial charge in [-0.05, 0) is 38.5 Å². The van der Waals surface area contributed by atoms with E-state index in [0.717, 1.165) is 5.01 Å². The number of hydrazine groups is 1. The van der Waals surface area contributed by atoms with Gasteiger partial charge in [0, 0.05) is 6.42 Å². The Morgan fingerprint density at radius 1 is 1.08 bits per heavy atom. The van der Waals surface area contributed by atoms with Crippen LogP contribution in [0.25, 0.3) is 0 Å². The molecule has 0 aliphatic rings. The van der Waals surface area contributed by atoms with E-state index in [9.17, 15) is 14.4 Å². The van der Waals surface area contributed by atoms with E-state index in [1.54, 1.807) is 38.1 Å². The van der Waals surface area contributed by atoms with E-state index >= 15 is 0 Å². The number of ether oxygens (including phenoxy) is 3. The second-order valence-corrected chi connectivity index (χ2v) is 5.10. The first-order valence-electron chi connectivity index (χ1n) is 7.95. The highest BCUT2D eigenvalue weighted by Gasteiger charge is 2.30. The van der Waals surface area contributed by atoms with Gasteiger partial charge in [0.05, 0.1) is 26.4 Å². The van der Waals surface area contributed by atoms with Crippen LogP contribution in [-0.2, 0) is 14.3 Å². The van der Waals surface area contributed by atoms with Crippen LogP contribution in [0.1, 0.15) is 38.8 Å². The van der Waals surface area contributed by atoms with Gasteiger partial charge in [-0.1, -0.05) is 12.1 Å². The van der Waals surface area contributed by atoms with Gasteiger partial charge >= 0.3 is 12.2 Å². The Kier molecular flexibility index (Phi) is 8.25. The number of carbonyl (C=O) groups is 3. The van der Waals surface area contributed by atoms with E-state index in [1.165, 1.54) is 14.0 Å². The first kappa shape index (κ1) is 20.3. The molecule has 0 spiro atoms. The van der Waals surface area contributed by atoms with Gasteiger partial charge in [-0.25, -0.2) is 20.0 Å². The number of methoxy groups -OCH3 is 1.